The average molecular weight is 229 g/mol. The van der Waals surface area contributed by atoms with Crippen molar-refractivity contribution in [2.75, 3.05) is 11.9 Å². The van der Waals surface area contributed by atoms with Crippen LogP contribution in [0.15, 0.2) is 24.5 Å². The number of H-pyrrole nitrogens is 1. The fourth-order valence-corrected chi connectivity index (χ4v) is 1.42. The molecule has 0 atom stereocenters. The van der Waals surface area contributed by atoms with Crippen LogP contribution in [0.3, 0.4) is 0 Å². The van der Waals surface area contributed by atoms with Crippen LogP contribution in [-0.4, -0.2) is 22.5 Å². The summed E-state index contributed by atoms with van der Waals surface area (Å²) in [6.07, 6.45) is 1.90. The lowest BCUT2D eigenvalue weighted by Gasteiger charge is -2.05. The number of hydrogen-bond acceptors (Lipinski definition) is 3. The van der Waals surface area contributed by atoms with Crippen molar-refractivity contribution in [3.05, 3.63) is 24.5 Å². The maximum Gasteiger partial charge on any atom is 0.319 e. The van der Waals surface area contributed by atoms with Gasteiger partial charge < -0.3 is 15.6 Å². The first-order valence-corrected chi connectivity index (χ1v) is 5.14. The molecule has 3 N–H and O–H groups in total. The van der Waals surface area contributed by atoms with Gasteiger partial charge in [-0.05, 0) is 18.2 Å². The molecule has 2 amide bonds. The third kappa shape index (κ3) is 2.72. The standard InChI is InChI=1S/C11H11N5O/c12-4-1-5-13-11(17)16-8-2-3-9-10(6-8)15-7-14-9/h2-3,6-7H,1,5H2,(H,14,15)(H2,13,16,17). The first-order chi connectivity index (χ1) is 8.29. The third-order valence-electron chi connectivity index (χ3n) is 2.20. The van der Waals surface area contributed by atoms with E-state index in [0.717, 1.165) is 11.0 Å². The van der Waals surface area contributed by atoms with E-state index in [1.165, 1.54) is 0 Å². The number of fused-ring (bicyclic) bond motifs is 1. The second kappa shape index (κ2) is 4.99. The number of urea groups is 1. The predicted octanol–water partition coefficient (Wildman–Crippen LogP) is 1.60. The summed E-state index contributed by atoms with van der Waals surface area (Å²) in [6.45, 7) is 0.342. The highest BCUT2D eigenvalue weighted by Gasteiger charge is 2.02. The molecule has 1 aromatic carbocycles. The topological polar surface area (TPSA) is 93.6 Å². The second-order valence-corrected chi connectivity index (χ2v) is 3.42. The summed E-state index contributed by atoms with van der Waals surface area (Å²) in [4.78, 5) is 18.4. The molecule has 0 aliphatic carbocycles. The Balaban J connectivity index is 1.98. The second-order valence-electron chi connectivity index (χ2n) is 3.42. The molecule has 0 bridgehead atoms. The Kier molecular flexibility index (Phi) is 3.21. The number of hydrogen-bond donors (Lipinski definition) is 3. The monoisotopic (exact) mass is 229 g/mol. The summed E-state index contributed by atoms with van der Waals surface area (Å²) >= 11 is 0. The van der Waals surface area contributed by atoms with Gasteiger partial charge in [0, 0.05) is 12.2 Å². The van der Waals surface area contributed by atoms with E-state index < -0.39 is 0 Å². The minimum atomic E-state index is -0.320. The molecule has 0 aliphatic rings. The molecule has 1 heterocycles. The van der Waals surface area contributed by atoms with Crippen LogP contribution in [0, 0.1) is 11.3 Å². The van der Waals surface area contributed by atoms with Gasteiger partial charge in [0.2, 0.25) is 0 Å². The summed E-state index contributed by atoms with van der Waals surface area (Å²) in [5, 5.41) is 13.6. The van der Waals surface area contributed by atoms with Gasteiger partial charge >= 0.3 is 6.03 Å². The van der Waals surface area contributed by atoms with E-state index in [-0.39, 0.29) is 6.03 Å². The van der Waals surface area contributed by atoms with Crippen LogP contribution in [0.25, 0.3) is 11.0 Å². The Labute approximate surface area is 97.7 Å². The van der Waals surface area contributed by atoms with Crippen molar-refractivity contribution in [3.8, 4) is 6.07 Å². The molecule has 0 saturated carbocycles. The van der Waals surface area contributed by atoms with Crippen LogP contribution >= 0.6 is 0 Å². The predicted molar refractivity (Wildman–Crippen MR) is 63.3 cm³/mol. The molecule has 2 aromatic rings. The lowest BCUT2D eigenvalue weighted by Crippen LogP contribution is -2.29. The maximum atomic E-state index is 11.4. The molecule has 6 heteroatoms. The number of nitrogens with one attached hydrogen (secondary N) is 3. The molecule has 0 unspecified atom stereocenters. The van der Waals surface area contributed by atoms with Crippen LogP contribution in [-0.2, 0) is 0 Å². The highest BCUT2D eigenvalue weighted by Crippen LogP contribution is 2.15. The van der Waals surface area contributed by atoms with Gasteiger partial charge in [-0.15, -0.1) is 0 Å². The zero-order valence-electron chi connectivity index (χ0n) is 9.03. The van der Waals surface area contributed by atoms with E-state index in [9.17, 15) is 4.79 Å². The van der Waals surface area contributed by atoms with E-state index in [4.69, 9.17) is 5.26 Å². The molecule has 0 aliphatic heterocycles. The number of carbonyl (C=O) groups excluding carboxylic acids is 1. The molecule has 86 valence electrons. The van der Waals surface area contributed by atoms with Gasteiger partial charge in [-0.1, -0.05) is 0 Å². The molecule has 2 rings (SSSR count). The van der Waals surface area contributed by atoms with Gasteiger partial charge in [0.1, 0.15) is 0 Å². The zero-order chi connectivity index (χ0) is 12.1. The van der Waals surface area contributed by atoms with Crippen molar-refractivity contribution in [1.29, 1.82) is 5.26 Å². The Morgan fingerprint density at radius 3 is 3.24 bits per heavy atom. The van der Waals surface area contributed by atoms with Crippen molar-refractivity contribution < 1.29 is 4.79 Å². The first-order valence-electron chi connectivity index (χ1n) is 5.14. The van der Waals surface area contributed by atoms with Gasteiger partial charge in [0.05, 0.1) is 29.9 Å². The number of amides is 2. The van der Waals surface area contributed by atoms with Gasteiger partial charge in [0.25, 0.3) is 0 Å². The van der Waals surface area contributed by atoms with Crippen LogP contribution in [0.4, 0.5) is 10.5 Å². The number of imidazole rings is 1. The van der Waals surface area contributed by atoms with E-state index in [1.54, 1.807) is 18.5 Å². The average Bonchev–Trinajstić information content (AvgIpc) is 2.76. The normalized spacial score (nSPS) is 9.82. The number of aromatic nitrogens is 2. The first kappa shape index (κ1) is 11.0. The molecule has 17 heavy (non-hydrogen) atoms. The lowest BCUT2D eigenvalue weighted by molar-refractivity contribution is 0.252. The van der Waals surface area contributed by atoms with Gasteiger partial charge in [-0.3, -0.25) is 0 Å². The number of anilines is 1. The lowest BCUT2D eigenvalue weighted by atomic mass is 10.3. The number of nitriles is 1. The summed E-state index contributed by atoms with van der Waals surface area (Å²) < 4.78 is 0. The van der Waals surface area contributed by atoms with Crippen LogP contribution < -0.4 is 10.6 Å². The highest BCUT2D eigenvalue weighted by atomic mass is 16.2. The van der Waals surface area contributed by atoms with E-state index in [0.29, 0.717) is 18.7 Å². The van der Waals surface area contributed by atoms with Crippen molar-refractivity contribution >= 4 is 22.8 Å². The highest BCUT2D eigenvalue weighted by molar-refractivity contribution is 5.91. The Morgan fingerprint density at radius 2 is 2.41 bits per heavy atom. The molecule has 0 spiro atoms. The summed E-state index contributed by atoms with van der Waals surface area (Å²) in [7, 11) is 0. The zero-order valence-corrected chi connectivity index (χ0v) is 9.03. The molecule has 1 aromatic heterocycles. The van der Waals surface area contributed by atoms with E-state index in [2.05, 4.69) is 20.6 Å². The minimum absolute atomic E-state index is 0.299. The molecule has 6 nitrogen and oxygen atoms in total. The fourth-order valence-electron chi connectivity index (χ4n) is 1.42. The fraction of sp³-hybridized carbons (Fsp3) is 0.182. The molecule has 0 radical (unpaired) electrons. The van der Waals surface area contributed by atoms with Crippen molar-refractivity contribution in [3.63, 3.8) is 0 Å². The molecule has 0 fully saturated rings. The van der Waals surface area contributed by atoms with Gasteiger partial charge in [0.15, 0.2) is 0 Å². The Hall–Kier alpha value is -2.55. The number of aromatic amines is 1. The van der Waals surface area contributed by atoms with Crippen LogP contribution in [0.2, 0.25) is 0 Å². The van der Waals surface area contributed by atoms with E-state index >= 15 is 0 Å². The van der Waals surface area contributed by atoms with Gasteiger partial charge in [-0.2, -0.15) is 5.26 Å². The summed E-state index contributed by atoms with van der Waals surface area (Å²) in [5.41, 5.74) is 2.39. The number of benzene rings is 1. The molecular weight excluding hydrogens is 218 g/mol. The van der Waals surface area contributed by atoms with Crippen molar-refractivity contribution in [1.82, 2.24) is 15.3 Å². The SMILES string of the molecule is N#CCCNC(=O)Nc1ccc2nc[nH]c2c1. The largest absolute Gasteiger partial charge is 0.345 e. The van der Waals surface area contributed by atoms with Crippen LogP contribution in [0.1, 0.15) is 6.42 Å². The maximum absolute atomic E-state index is 11.4. The summed E-state index contributed by atoms with van der Waals surface area (Å²) in [6, 6.07) is 7.02. The Bertz CT molecular complexity index is 568. The van der Waals surface area contributed by atoms with Crippen molar-refractivity contribution in [2.45, 2.75) is 6.42 Å². The number of carbonyl (C=O) groups is 1. The minimum Gasteiger partial charge on any atom is -0.345 e. The summed E-state index contributed by atoms with van der Waals surface area (Å²) in [5.74, 6) is 0. The van der Waals surface area contributed by atoms with Gasteiger partial charge in [-0.25, -0.2) is 9.78 Å². The van der Waals surface area contributed by atoms with Crippen molar-refractivity contribution in [2.24, 2.45) is 0 Å². The quantitative estimate of drug-likeness (QED) is 0.698. The smallest absolute Gasteiger partial charge is 0.319 e. The third-order valence-corrected chi connectivity index (χ3v) is 2.20. The number of rotatable bonds is 3. The van der Waals surface area contributed by atoms with E-state index in [1.807, 2.05) is 12.1 Å². The number of nitrogens with zero attached hydrogens (tertiary/aromatic N) is 2. The molecular formula is C11H11N5O. The Morgan fingerprint density at radius 1 is 1.53 bits per heavy atom. The van der Waals surface area contributed by atoms with Crippen LogP contribution in [0.5, 0.6) is 0 Å². The molecule has 0 saturated heterocycles.